The lowest BCUT2D eigenvalue weighted by molar-refractivity contribution is -0.122. The predicted octanol–water partition coefficient (Wildman–Crippen LogP) is 3.77. The molecule has 1 aliphatic heterocycles. The summed E-state index contributed by atoms with van der Waals surface area (Å²) in [7, 11) is 0. The molecule has 0 saturated carbocycles. The second-order valence-corrected chi connectivity index (χ2v) is 6.96. The van der Waals surface area contributed by atoms with Crippen molar-refractivity contribution in [3.8, 4) is 11.5 Å². The molecule has 4 nitrogen and oxygen atoms in total. The van der Waals surface area contributed by atoms with Crippen LogP contribution in [0.15, 0.2) is 46.9 Å². The second-order valence-electron chi connectivity index (χ2n) is 6.04. The van der Waals surface area contributed by atoms with Crippen LogP contribution in [-0.4, -0.2) is 12.7 Å². The maximum Gasteiger partial charge on any atom is 0.231 e. The summed E-state index contributed by atoms with van der Waals surface area (Å²) in [5.74, 6) is 1.44. The molecule has 1 heterocycles. The van der Waals surface area contributed by atoms with Gasteiger partial charge < -0.3 is 14.8 Å². The van der Waals surface area contributed by atoms with Gasteiger partial charge in [-0.05, 0) is 49.2 Å². The molecule has 120 valence electrons. The van der Waals surface area contributed by atoms with Crippen molar-refractivity contribution in [2.75, 3.05) is 6.79 Å². The lowest BCUT2D eigenvalue weighted by Crippen LogP contribution is -2.41. The van der Waals surface area contributed by atoms with Gasteiger partial charge in [-0.1, -0.05) is 34.1 Å². The zero-order valence-corrected chi connectivity index (χ0v) is 14.6. The molecule has 23 heavy (non-hydrogen) atoms. The minimum atomic E-state index is -0.493. The number of hydrogen-bond donors (Lipinski definition) is 1. The van der Waals surface area contributed by atoms with E-state index < -0.39 is 5.54 Å². The topological polar surface area (TPSA) is 47.6 Å². The van der Waals surface area contributed by atoms with Gasteiger partial charge >= 0.3 is 0 Å². The molecule has 3 rings (SSSR count). The number of halogens is 1. The van der Waals surface area contributed by atoms with Crippen LogP contribution in [0.25, 0.3) is 0 Å². The fourth-order valence-electron chi connectivity index (χ4n) is 2.54. The van der Waals surface area contributed by atoms with Crippen molar-refractivity contribution in [1.82, 2.24) is 5.32 Å². The molecule has 0 fully saturated rings. The van der Waals surface area contributed by atoms with E-state index in [2.05, 4.69) is 21.2 Å². The number of ether oxygens (including phenoxy) is 2. The van der Waals surface area contributed by atoms with Crippen LogP contribution in [0.4, 0.5) is 0 Å². The van der Waals surface area contributed by atoms with Crippen molar-refractivity contribution in [2.45, 2.75) is 25.8 Å². The number of fused-ring (bicyclic) bond motifs is 1. The Morgan fingerprint density at radius 1 is 1.13 bits per heavy atom. The minimum absolute atomic E-state index is 0.0185. The molecule has 0 radical (unpaired) electrons. The van der Waals surface area contributed by atoms with E-state index in [-0.39, 0.29) is 12.7 Å². The monoisotopic (exact) mass is 375 g/mol. The molecular weight excluding hydrogens is 358 g/mol. The lowest BCUT2D eigenvalue weighted by atomic mass is 9.93. The number of nitrogens with one attached hydrogen (secondary N) is 1. The van der Waals surface area contributed by atoms with Crippen molar-refractivity contribution in [2.24, 2.45) is 0 Å². The van der Waals surface area contributed by atoms with E-state index in [9.17, 15) is 4.79 Å². The molecule has 0 aliphatic carbocycles. The first-order valence-corrected chi connectivity index (χ1v) is 8.19. The highest BCUT2D eigenvalue weighted by molar-refractivity contribution is 9.10. The smallest absolute Gasteiger partial charge is 0.231 e. The predicted molar refractivity (Wildman–Crippen MR) is 91.6 cm³/mol. The molecule has 0 atom stereocenters. The first-order valence-electron chi connectivity index (χ1n) is 7.40. The van der Waals surface area contributed by atoms with E-state index in [4.69, 9.17) is 9.47 Å². The highest BCUT2D eigenvalue weighted by Gasteiger charge is 2.25. The highest BCUT2D eigenvalue weighted by atomic mass is 79.9. The third kappa shape index (κ3) is 3.67. The molecule has 0 saturated heterocycles. The largest absolute Gasteiger partial charge is 0.454 e. The van der Waals surface area contributed by atoms with E-state index in [0.717, 1.165) is 27.1 Å². The fraction of sp³-hybridized carbons (Fsp3) is 0.278. The van der Waals surface area contributed by atoms with Crippen molar-refractivity contribution < 1.29 is 14.3 Å². The number of benzene rings is 2. The summed E-state index contributed by atoms with van der Waals surface area (Å²) >= 11 is 3.39. The van der Waals surface area contributed by atoms with Crippen LogP contribution in [-0.2, 0) is 16.8 Å². The summed E-state index contributed by atoms with van der Waals surface area (Å²) < 4.78 is 11.7. The summed E-state index contributed by atoms with van der Waals surface area (Å²) in [5, 5.41) is 3.08. The fourth-order valence-corrected chi connectivity index (χ4v) is 2.80. The Morgan fingerprint density at radius 3 is 2.57 bits per heavy atom. The van der Waals surface area contributed by atoms with E-state index in [1.165, 1.54) is 0 Å². The van der Waals surface area contributed by atoms with E-state index in [1.54, 1.807) is 0 Å². The molecule has 0 unspecified atom stereocenters. The summed E-state index contributed by atoms with van der Waals surface area (Å²) in [5.41, 5.74) is 1.46. The lowest BCUT2D eigenvalue weighted by Gasteiger charge is -2.27. The van der Waals surface area contributed by atoms with Gasteiger partial charge in [-0.15, -0.1) is 0 Å². The van der Waals surface area contributed by atoms with Gasteiger partial charge in [-0.3, -0.25) is 4.79 Å². The summed E-state index contributed by atoms with van der Waals surface area (Å²) in [6.07, 6.45) is 0.348. The number of amides is 1. The van der Waals surface area contributed by atoms with E-state index >= 15 is 0 Å². The first-order chi connectivity index (χ1) is 10.9. The van der Waals surface area contributed by atoms with Crippen LogP contribution in [0.3, 0.4) is 0 Å². The minimum Gasteiger partial charge on any atom is -0.454 e. The molecule has 2 aromatic rings. The van der Waals surface area contributed by atoms with Gasteiger partial charge in [-0.2, -0.15) is 0 Å². The average molecular weight is 376 g/mol. The summed E-state index contributed by atoms with van der Waals surface area (Å²) in [6, 6.07) is 13.5. The maximum absolute atomic E-state index is 12.3. The Kier molecular flexibility index (Phi) is 4.31. The van der Waals surface area contributed by atoms with Gasteiger partial charge in [0.1, 0.15) is 0 Å². The van der Waals surface area contributed by atoms with E-state index in [1.807, 2.05) is 56.3 Å². The molecule has 1 aliphatic rings. The maximum atomic E-state index is 12.3. The molecule has 0 spiro atoms. The van der Waals surface area contributed by atoms with Crippen LogP contribution in [0.2, 0.25) is 0 Å². The van der Waals surface area contributed by atoms with Crippen molar-refractivity contribution in [1.29, 1.82) is 0 Å². The zero-order chi connectivity index (χ0) is 16.4. The Balaban J connectivity index is 1.70. The molecule has 0 bridgehead atoms. The Hall–Kier alpha value is -2.01. The van der Waals surface area contributed by atoms with Crippen LogP contribution in [0.1, 0.15) is 25.0 Å². The van der Waals surface area contributed by atoms with Gasteiger partial charge in [0.15, 0.2) is 11.5 Å². The van der Waals surface area contributed by atoms with Crippen LogP contribution in [0.5, 0.6) is 11.5 Å². The molecule has 5 heteroatoms. The number of carbonyl (C=O) groups is 1. The Morgan fingerprint density at radius 2 is 1.83 bits per heavy atom. The molecular formula is C18H18BrNO3. The normalized spacial score (nSPS) is 13.0. The van der Waals surface area contributed by atoms with Crippen molar-refractivity contribution in [3.05, 3.63) is 58.1 Å². The standard InChI is InChI=1S/C18H18BrNO3/c1-18(2,13-5-8-15-16(10-13)23-11-22-15)20-17(21)9-12-3-6-14(19)7-4-12/h3-8,10H,9,11H2,1-2H3,(H,20,21). The van der Waals surface area contributed by atoms with Gasteiger partial charge in [0.2, 0.25) is 12.7 Å². The molecule has 1 N–H and O–H groups in total. The van der Waals surface area contributed by atoms with Crippen LogP contribution in [0, 0.1) is 0 Å². The van der Waals surface area contributed by atoms with Crippen molar-refractivity contribution in [3.63, 3.8) is 0 Å². The third-order valence-electron chi connectivity index (χ3n) is 3.82. The molecule has 1 amide bonds. The molecule has 2 aromatic carbocycles. The first kappa shape index (κ1) is 15.9. The van der Waals surface area contributed by atoms with Gasteiger partial charge in [-0.25, -0.2) is 0 Å². The Bertz CT molecular complexity index is 726. The van der Waals surface area contributed by atoms with Crippen LogP contribution < -0.4 is 14.8 Å². The van der Waals surface area contributed by atoms with Gasteiger partial charge in [0.25, 0.3) is 0 Å². The SMILES string of the molecule is CC(C)(NC(=O)Cc1ccc(Br)cc1)c1ccc2c(c1)OCO2. The van der Waals surface area contributed by atoms with Gasteiger partial charge in [0.05, 0.1) is 12.0 Å². The third-order valence-corrected chi connectivity index (χ3v) is 4.35. The number of hydrogen-bond acceptors (Lipinski definition) is 3. The summed E-state index contributed by atoms with van der Waals surface area (Å²) in [6.45, 7) is 4.20. The number of carbonyl (C=O) groups excluding carboxylic acids is 1. The van der Waals surface area contributed by atoms with E-state index in [0.29, 0.717) is 6.42 Å². The zero-order valence-electron chi connectivity index (χ0n) is 13.1. The number of rotatable bonds is 4. The summed E-state index contributed by atoms with van der Waals surface area (Å²) in [4.78, 5) is 12.3. The molecule has 0 aromatic heterocycles. The van der Waals surface area contributed by atoms with Crippen LogP contribution >= 0.6 is 15.9 Å². The quantitative estimate of drug-likeness (QED) is 0.884. The van der Waals surface area contributed by atoms with Gasteiger partial charge in [0, 0.05) is 4.47 Å². The Labute approximate surface area is 143 Å². The highest BCUT2D eigenvalue weighted by Crippen LogP contribution is 2.35. The average Bonchev–Trinajstić information content (AvgIpc) is 2.96. The second kappa shape index (κ2) is 6.24. The van der Waals surface area contributed by atoms with Crippen molar-refractivity contribution >= 4 is 21.8 Å².